The number of phenolic OH excluding ortho intramolecular Hbond substituents is 1. The van der Waals surface area contributed by atoms with E-state index in [1.807, 2.05) is 20.8 Å². The second-order valence-corrected chi connectivity index (χ2v) is 4.37. The maximum atomic E-state index is 9.53. The zero-order valence-electron chi connectivity index (χ0n) is 8.70. The summed E-state index contributed by atoms with van der Waals surface area (Å²) < 4.78 is 0. The predicted molar refractivity (Wildman–Crippen MR) is 54.4 cm³/mol. The highest BCUT2D eigenvalue weighted by Gasteiger charge is 2.21. The topological polar surface area (TPSA) is 60.7 Å². The van der Waals surface area contributed by atoms with Crippen molar-refractivity contribution in [1.82, 2.24) is 0 Å². The number of aliphatic hydroxyl groups excluding tert-OH is 1. The van der Waals surface area contributed by atoms with Crippen LogP contribution in [0.1, 0.15) is 31.9 Å². The minimum absolute atomic E-state index is 0.163. The molecule has 0 aromatic heterocycles. The molecule has 3 N–H and O–H groups in total. The largest absolute Gasteiger partial charge is 0.504 e. The molecule has 1 rings (SSSR count). The van der Waals surface area contributed by atoms with E-state index in [4.69, 9.17) is 5.11 Å². The van der Waals surface area contributed by atoms with Crippen molar-refractivity contribution in [3.63, 3.8) is 0 Å². The molecule has 0 saturated carbocycles. The number of benzene rings is 1. The van der Waals surface area contributed by atoms with Crippen LogP contribution in [0.3, 0.4) is 0 Å². The SMILES string of the molecule is CC(C)(C)c1ccc(O)c(O)c1CO. The Balaban J connectivity index is 3.39. The first kappa shape index (κ1) is 10.9. The van der Waals surface area contributed by atoms with Crippen LogP contribution in [0.5, 0.6) is 11.5 Å². The highest BCUT2D eigenvalue weighted by molar-refractivity contribution is 5.50. The summed E-state index contributed by atoms with van der Waals surface area (Å²) in [5.74, 6) is -0.415. The molecule has 1 aromatic rings. The van der Waals surface area contributed by atoms with E-state index in [2.05, 4.69) is 0 Å². The lowest BCUT2D eigenvalue weighted by Gasteiger charge is -2.23. The van der Waals surface area contributed by atoms with Gasteiger partial charge in [0.25, 0.3) is 0 Å². The molecular formula is C11H16O3. The van der Waals surface area contributed by atoms with Gasteiger partial charge in [0.2, 0.25) is 0 Å². The van der Waals surface area contributed by atoms with Crippen LogP contribution in [0.25, 0.3) is 0 Å². The summed E-state index contributed by atoms with van der Waals surface area (Å²) in [6.45, 7) is 5.68. The van der Waals surface area contributed by atoms with Gasteiger partial charge in [-0.2, -0.15) is 0 Å². The van der Waals surface area contributed by atoms with Crippen LogP contribution in [0.15, 0.2) is 12.1 Å². The summed E-state index contributed by atoms with van der Waals surface area (Å²) in [6, 6.07) is 3.16. The van der Waals surface area contributed by atoms with E-state index in [0.717, 1.165) is 5.56 Å². The van der Waals surface area contributed by atoms with Crippen molar-refractivity contribution in [1.29, 1.82) is 0 Å². The van der Waals surface area contributed by atoms with Crippen molar-refractivity contribution in [2.75, 3.05) is 0 Å². The van der Waals surface area contributed by atoms with Crippen LogP contribution in [-0.2, 0) is 12.0 Å². The molecule has 0 spiro atoms. The van der Waals surface area contributed by atoms with E-state index in [1.54, 1.807) is 6.07 Å². The van der Waals surface area contributed by atoms with Crippen molar-refractivity contribution < 1.29 is 15.3 Å². The molecule has 0 atom stereocenters. The smallest absolute Gasteiger partial charge is 0.163 e. The number of hydrogen-bond donors (Lipinski definition) is 3. The fourth-order valence-electron chi connectivity index (χ4n) is 1.49. The van der Waals surface area contributed by atoms with Gasteiger partial charge in [-0.05, 0) is 17.0 Å². The fraction of sp³-hybridized carbons (Fsp3) is 0.455. The third kappa shape index (κ3) is 1.82. The van der Waals surface area contributed by atoms with E-state index < -0.39 is 0 Å². The number of rotatable bonds is 1. The Hall–Kier alpha value is -1.22. The zero-order valence-corrected chi connectivity index (χ0v) is 8.70. The van der Waals surface area contributed by atoms with E-state index in [1.165, 1.54) is 6.07 Å². The Morgan fingerprint density at radius 2 is 1.71 bits per heavy atom. The van der Waals surface area contributed by atoms with Crippen LogP contribution in [0.4, 0.5) is 0 Å². The first-order valence-electron chi connectivity index (χ1n) is 4.53. The van der Waals surface area contributed by atoms with E-state index in [-0.39, 0.29) is 23.5 Å². The maximum Gasteiger partial charge on any atom is 0.163 e. The molecule has 0 amide bonds. The van der Waals surface area contributed by atoms with Crippen LogP contribution in [-0.4, -0.2) is 15.3 Å². The zero-order chi connectivity index (χ0) is 10.9. The quantitative estimate of drug-likeness (QED) is 0.601. The molecule has 0 aliphatic carbocycles. The summed E-state index contributed by atoms with van der Waals surface area (Å²) in [6.07, 6.45) is 0. The standard InChI is InChI=1S/C11H16O3/c1-11(2,3)8-4-5-9(13)10(14)7(8)6-12/h4-5,12-14H,6H2,1-3H3. The Labute approximate surface area is 83.6 Å². The van der Waals surface area contributed by atoms with Crippen LogP contribution in [0.2, 0.25) is 0 Å². The van der Waals surface area contributed by atoms with Crippen molar-refractivity contribution in [3.05, 3.63) is 23.3 Å². The van der Waals surface area contributed by atoms with Gasteiger partial charge in [0.1, 0.15) is 0 Å². The highest BCUT2D eigenvalue weighted by atomic mass is 16.3. The summed E-state index contributed by atoms with van der Waals surface area (Å²) in [5, 5.41) is 27.9. The molecule has 0 bridgehead atoms. The monoisotopic (exact) mass is 196 g/mol. The first-order valence-corrected chi connectivity index (χ1v) is 4.53. The van der Waals surface area contributed by atoms with Gasteiger partial charge in [0.15, 0.2) is 11.5 Å². The van der Waals surface area contributed by atoms with Gasteiger partial charge < -0.3 is 15.3 Å². The molecule has 0 radical (unpaired) electrons. The fourth-order valence-corrected chi connectivity index (χ4v) is 1.49. The van der Waals surface area contributed by atoms with Crippen LogP contribution in [0, 0.1) is 0 Å². The van der Waals surface area contributed by atoms with Gasteiger partial charge in [-0.25, -0.2) is 0 Å². The minimum Gasteiger partial charge on any atom is -0.504 e. The molecule has 0 unspecified atom stereocenters. The lowest BCUT2D eigenvalue weighted by Crippen LogP contribution is -2.14. The lowest BCUT2D eigenvalue weighted by molar-refractivity contribution is 0.269. The number of aliphatic hydroxyl groups is 1. The van der Waals surface area contributed by atoms with Gasteiger partial charge in [-0.1, -0.05) is 26.8 Å². The molecule has 3 nitrogen and oxygen atoms in total. The third-order valence-corrected chi connectivity index (χ3v) is 2.23. The molecular weight excluding hydrogens is 180 g/mol. The molecule has 78 valence electrons. The van der Waals surface area contributed by atoms with Gasteiger partial charge >= 0.3 is 0 Å². The Bertz CT molecular complexity index is 337. The average molecular weight is 196 g/mol. The second kappa shape index (κ2) is 3.50. The van der Waals surface area contributed by atoms with Gasteiger partial charge in [0, 0.05) is 5.56 Å². The molecule has 3 heteroatoms. The van der Waals surface area contributed by atoms with Gasteiger partial charge in [0.05, 0.1) is 6.61 Å². The third-order valence-electron chi connectivity index (χ3n) is 2.23. The lowest BCUT2D eigenvalue weighted by atomic mass is 9.83. The highest BCUT2D eigenvalue weighted by Crippen LogP contribution is 2.36. The number of hydrogen-bond acceptors (Lipinski definition) is 3. The molecule has 1 aromatic carbocycles. The first-order chi connectivity index (χ1) is 6.38. The maximum absolute atomic E-state index is 9.53. The normalized spacial score (nSPS) is 11.7. The van der Waals surface area contributed by atoms with E-state index in [9.17, 15) is 10.2 Å². The molecule has 0 saturated heterocycles. The van der Waals surface area contributed by atoms with Crippen molar-refractivity contribution >= 4 is 0 Å². The summed E-state index contributed by atoms with van der Waals surface area (Å²) in [7, 11) is 0. The number of aromatic hydroxyl groups is 2. The van der Waals surface area contributed by atoms with Crippen molar-refractivity contribution in [2.45, 2.75) is 32.8 Å². The predicted octanol–water partition coefficient (Wildman–Crippen LogP) is 1.89. The summed E-state index contributed by atoms with van der Waals surface area (Å²) in [5.41, 5.74) is 1.08. The summed E-state index contributed by atoms with van der Waals surface area (Å²) >= 11 is 0. The van der Waals surface area contributed by atoms with E-state index in [0.29, 0.717) is 5.56 Å². The molecule has 0 aliphatic rings. The van der Waals surface area contributed by atoms with Gasteiger partial charge in [-0.3, -0.25) is 0 Å². The van der Waals surface area contributed by atoms with E-state index >= 15 is 0 Å². The Morgan fingerprint density at radius 1 is 1.14 bits per heavy atom. The van der Waals surface area contributed by atoms with Crippen LogP contribution < -0.4 is 0 Å². The number of phenols is 2. The molecule has 0 heterocycles. The minimum atomic E-state index is -0.271. The van der Waals surface area contributed by atoms with Gasteiger partial charge in [-0.15, -0.1) is 0 Å². The average Bonchev–Trinajstić information content (AvgIpc) is 2.07. The molecule has 14 heavy (non-hydrogen) atoms. The Kier molecular flexibility index (Phi) is 2.71. The molecule has 0 aliphatic heterocycles. The summed E-state index contributed by atoms with van der Waals surface area (Å²) in [4.78, 5) is 0. The molecule has 0 fully saturated rings. The van der Waals surface area contributed by atoms with Crippen molar-refractivity contribution in [3.8, 4) is 11.5 Å². The van der Waals surface area contributed by atoms with Crippen LogP contribution >= 0.6 is 0 Å². The van der Waals surface area contributed by atoms with Crippen molar-refractivity contribution in [2.24, 2.45) is 0 Å². The second-order valence-electron chi connectivity index (χ2n) is 4.37. The Morgan fingerprint density at radius 3 is 2.14 bits per heavy atom.